The van der Waals surface area contributed by atoms with E-state index >= 15 is 0 Å². The van der Waals surface area contributed by atoms with Gasteiger partial charge in [0.15, 0.2) is 0 Å². The summed E-state index contributed by atoms with van der Waals surface area (Å²) in [6.45, 7) is 5.13. The maximum Gasteiger partial charge on any atom is 0.0582 e. The highest BCUT2D eigenvalue weighted by Gasteiger charge is 2.46. The molecule has 2 aliphatic carbocycles. The van der Waals surface area contributed by atoms with Crippen LogP contribution in [0.4, 0.5) is 0 Å². The van der Waals surface area contributed by atoms with Gasteiger partial charge in [-0.05, 0) is 75.8 Å². The van der Waals surface area contributed by atoms with Gasteiger partial charge in [0.2, 0.25) is 0 Å². The average Bonchev–Trinajstić information content (AvgIpc) is 2.37. The van der Waals surface area contributed by atoms with E-state index in [1.807, 2.05) is 7.11 Å². The molecule has 1 saturated heterocycles. The number of hydrogen-bond donors (Lipinski definition) is 0. The van der Waals surface area contributed by atoms with E-state index < -0.39 is 0 Å². The molecule has 0 N–H and O–H groups in total. The Morgan fingerprint density at radius 2 is 1.61 bits per heavy atom. The quantitative estimate of drug-likeness (QED) is 0.745. The van der Waals surface area contributed by atoms with Gasteiger partial charge in [0, 0.05) is 13.2 Å². The van der Waals surface area contributed by atoms with Crippen LogP contribution in [0.25, 0.3) is 0 Å². The molecule has 3 rings (SSSR count). The summed E-state index contributed by atoms with van der Waals surface area (Å²) < 4.78 is 5.46. The Labute approximate surface area is 112 Å². The van der Waals surface area contributed by atoms with Crippen molar-refractivity contribution in [2.45, 2.75) is 70.4 Å². The van der Waals surface area contributed by atoms with Crippen LogP contribution in [-0.4, -0.2) is 37.2 Å². The van der Waals surface area contributed by atoms with Gasteiger partial charge in [-0.3, -0.25) is 0 Å². The molecule has 0 aromatic heterocycles. The molecule has 0 aromatic rings. The fourth-order valence-corrected chi connectivity index (χ4v) is 4.45. The summed E-state index contributed by atoms with van der Waals surface area (Å²) >= 11 is 0. The smallest absolute Gasteiger partial charge is 0.0582 e. The monoisotopic (exact) mass is 251 g/mol. The molecule has 2 heteroatoms. The molecule has 1 aliphatic heterocycles. The van der Waals surface area contributed by atoms with Crippen molar-refractivity contribution >= 4 is 0 Å². The van der Waals surface area contributed by atoms with Gasteiger partial charge in [-0.1, -0.05) is 6.92 Å². The maximum absolute atomic E-state index is 5.46. The predicted octanol–water partition coefficient (Wildman–Crippen LogP) is 3.46. The molecule has 0 atom stereocenters. The van der Waals surface area contributed by atoms with E-state index in [1.165, 1.54) is 64.5 Å². The summed E-state index contributed by atoms with van der Waals surface area (Å²) in [5, 5.41) is 0. The first-order valence-corrected chi connectivity index (χ1v) is 7.98. The van der Waals surface area contributed by atoms with E-state index in [9.17, 15) is 0 Å². The van der Waals surface area contributed by atoms with Crippen LogP contribution >= 0.6 is 0 Å². The largest absolute Gasteiger partial charge is 0.381 e. The number of hydrogen-bond acceptors (Lipinski definition) is 2. The molecule has 0 radical (unpaired) electrons. The van der Waals surface area contributed by atoms with Crippen molar-refractivity contribution in [2.75, 3.05) is 20.2 Å². The Bertz CT molecular complexity index is 267. The fourth-order valence-electron chi connectivity index (χ4n) is 4.45. The van der Waals surface area contributed by atoms with Gasteiger partial charge in [-0.2, -0.15) is 0 Å². The maximum atomic E-state index is 5.46. The summed E-state index contributed by atoms with van der Waals surface area (Å²) in [5.74, 6) is 0.978. The summed E-state index contributed by atoms with van der Waals surface area (Å²) in [7, 11) is 1.87. The lowest BCUT2D eigenvalue weighted by molar-refractivity contribution is -0.0934. The normalized spacial score (nSPS) is 37.7. The molecule has 0 aromatic carbocycles. The van der Waals surface area contributed by atoms with Crippen LogP contribution in [0.3, 0.4) is 0 Å². The van der Waals surface area contributed by atoms with Crippen LogP contribution in [0.15, 0.2) is 0 Å². The SMILES string of the molecule is COC1CC2(CCN(C3CCC(C)CC3)CC2)C1. The second kappa shape index (κ2) is 5.13. The molecule has 0 bridgehead atoms. The second-order valence-electron chi connectivity index (χ2n) is 7.22. The van der Waals surface area contributed by atoms with Crippen molar-refractivity contribution in [3.05, 3.63) is 0 Å². The number of nitrogens with zero attached hydrogens (tertiary/aromatic N) is 1. The Balaban J connectivity index is 1.46. The molecule has 3 aliphatic rings. The fraction of sp³-hybridized carbons (Fsp3) is 1.00. The molecule has 18 heavy (non-hydrogen) atoms. The van der Waals surface area contributed by atoms with Crippen LogP contribution < -0.4 is 0 Å². The molecule has 2 saturated carbocycles. The first-order chi connectivity index (χ1) is 8.71. The third-order valence-corrected chi connectivity index (χ3v) is 6.02. The zero-order chi connectivity index (χ0) is 12.6. The minimum absolute atomic E-state index is 0.576. The van der Waals surface area contributed by atoms with Gasteiger partial charge in [-0.15, -0.1) is 0 Å². The second-order valence-corrected chi connectivity index (χ2v) is 7.22. The lowest BCUT2D eigenvalue weighted by Gasteiger charge is -2.53. The first-order valence-electron chi connectivity index (χ1n) is 7.98. The minimum Gasteiger partial charge on any atom is -0.381 e. The molecule has 0 amide bonds. The minimum atomic E-state index is 0.576. The third kappa shape index (κ3) is 2.46. The van der Waals surface area contributed by atoms with Crippen LogP contribution in [0.5, 0.6) is 0 Å². The Kier molecular flexibility index (Phi) is 3.68. The molecule has 0 unspecified atom stereocenters. The van der Waals surface area contributed by atoms with E-state index in [0.717, 1.165) is 12.0 Å². The van der Waals surface area contributed by atoms with Gasteiger partial charge < -0.3 is 9.64 Å². The highest BCUT2D eigenvalue weighted by molar-refractivity contribution is 4.98. The topological polar surface area (TPSA) is 12.5 Å². The lowest BCUT2D eigenvalue weighted by Crippen LogP contribution is -2.52. The molecule has 2 nitrogen and oxygen atoms in total. The highest BCUT2D eigenvalue weighted by atomic mass is 16.5. The molecular formula is C16H29NO. The van der Waals surface area contributed by atoms with Crippen molar-refractivity contribution < 1.29 is 4.74 Å². The van der Waals surface area contributed by atoms with Crippen molar-refractivity contribution in [3.63, 3.8) is 0 Å². The summed E-state index contributed by atoms with van der Waals surface area (Å²) in [6.07, 6.45) is 11.9. The van der Waals surface area contributed by atoms with Crippen molar-refractivity contribution in [2.24, 2.45) is 11.3 Å². The van der Waals surface area contributed by atoms with E-state index in [0.29, 0.717) is 11.5 Å². The third-order valence-electron chi connectivity index (χ3n) is 6.02. The van der Waals surface area contributed by atoms with E-state index in [-0.39, 0.29) is 0 Å². The summed E-state index contributed by atoms with van der Waals surface area (Å²) in [6, 6.07) is 0.914. The molecule has 1 spiro atoms. The first kappa shape index (κ1) is 12.9. The molecule has 104 valence electrons. The highest BCUT2D eigenvalue weighted by Crippen LogP contribution is 2.50. The Hall–Kier alpha value is -0.0800. The Morgan fingerprint density at radius 1 is 1.00 bits per heavy atom. The van der Waals surface area contributed by atoms with E-state index in [4.69, 9.17) is 4.74 Å². The number of piperidine rings is 1. The number of ether oxygens (including phenoxy) is 1. The predicted molar refractivity (Wildman–Crippen MR) is 74.7 cm³/mol. The van der Waals surface area contributed by atoms with Crippen LogP contribution in [0.2, 0.25) is 0 Å². The van der Waals surface area contributed by atoms with Crippen molar-refractivity contribution in [1.29, 1.82) is 0 Å². The van der Waals surface area contributed by atoms with Gasteiger partial charge in [-0.25, -0.2) is 0 Å². The van der Waals surface area contributed by atoms with Crippen molar-refractivity contribution in [3.8, 4) is 0 Å². The van der Waals surface area contributed by atoms with Crippen LogP contribution in [0, 0.1) is 11.3 Å². The van der Waals surface area contributed by atoms with Gasteiger partial charge in [0.1, 0.15) is 0 Å². The van der Waals surface area contributed by atoms with Gasteiger partial charge in [0.05, 0.1) is 6.10 Å². The zero-order valence-electron chi connectivity index (χ0n) is 12.2. The van der Waals surface area contributed by atoms with Crippen LogP contribution in [-0.2, 0) is 4.74 Å². The standard InChI is InChI=1S/C16H29NO/c1-13-3-5-14(6-4-13)17-9-7-16(8-10-17)11-15(12-16)18-2/h13-15H,3-12H2,1-2H3. The van der Waals surface area contributed by atoms with Crippen molar-refractivity contribution in [1.82, 2.24) is 4.90 Å². The zero-order valence-corrected chi connectivity index (χ0v) is 12.2. The van der Waals surface area contributed by atoms with Crippen LogP contribution in [0.1, 0.15) is 58.3 Å². The summed E-state index contributed by atoms with van der Waals surface area (Å²) in [4.78, 5) is 2.80. The molecule has 1 heterocycles. The van der Waals surface area contributed by atoms with Gasteiger partial charge in [0.25, 0.3) is 0 Å². The average molecular weight is 251 g/mol. The molecule has 3 fully saturated rings. The van der Waals surface area contributed by atoms with Gasteiger partial charge >= 0.3 is 0 Å². The Morgan fingerprint density at radius 3 is 2.17 bits per heavy atom. The lowest BCUT2D eigenvalue weighted by atomic mass is 9.61. The summed E-state index contributed by atoms with van der Waals surface area (Å²) in [5.41, 5.74) is 0.680. The molecular weight excluding hydrogens is 222 g/mol. The van der Waals surface area contributed by atoms with E-state index in [1.54, 1.807) is 0 Å². The van der Waals surface area contributed by atoms with E-state index in [2.05, 4.69) is 11.8 Å². The number of methoxy groups -OCH3 is 1. The number of likely N-dealkylation sites (tertiary alicyclic amines) is 1. The number of rotatable bonds is 2.